The average Bonchev–Trinajstić information content (AvgIpc) is 2.35. The van der Waals surface area contributed by atoms with Crippen molar-refractivity contribution in [3.05, 3.63) is 29.1 Å². The molecule has 1 aliphatic heterocycles. The second kappa shape index (κ2) is 5.72. The summed E-state index contributed by atoms with van der Waals surface area (Å²) in [4.78, 5) is 0. The van der Waals surface area contributed by atoms with E-state index in [-0.39, 0.29) is 11.4 Å². The molecular weight excluding hydrogens is 277 g/mol. The van der Waals surface area contributed by atoms with Gasteiger partial charge >= 0.3 is 0 Å². The third-order valence-corrected chi connectivity index (χ3v) is 5.42. The zero-order chi connectivity index (χ0) is 14.9. The Morgan fingerprint density at radius 2 is 2.05 bits per heavy atom. The summed E-state index contributed by atoms with van der Waals surface area (Å²) in [7, 11) is -3.43. The zero-order valence-electron chi connectivity index (χ0n) is 12.3. The molecule has 0 unspecified atom stereocenters. The number of anilines is 1. The maximum Gasteiger partial charge on any atom is 0.235 e. The summed E-state index contributed by atoms with van der Waals surface area (Å²) < 4.78 is 40.4. The van der Waals surface area contributed by atoms with Crippen LogP contribution >= 0.6 is 0 Å². The Kier molecular flexibility index (Phi) is 4.37. The number of benzene rings is 1. The first-order chi connectivity index (χ1) is 9.31. The van der Waals surface area contributed by atoms with Crippen LogP contribution in [0.15, 0.2) is 12.1 Å². The fraction of sp³-hybridized carbons (Fsp3) is 0.600. The normalized spacial score (nSPS) is 15.6. The predicted octanol–water partition coefficient (Wildman–Crippen LogP) is 3.26. The van der Waals surface area contributed by atoms with Gasteiger partial charge in [-0.3, -0.25) is 4.31 Å². The van der Waals surface area contributed by atoms with Crippen molar-refractivity contribution >= 4 is 15.7 Å². The first-order valence-electron chi connectivity index (χ1n) is 7.10. The predicted molar refractivity (Wildman–Crippen MR) is 80.0 cm³/mol. The van der Waals surface area contributed by atoms with Gasteiger partial charge in [0, 0.05) is 6.54 Å². The Balaban J connectivity index is 2.37. The number of nitrogens with zero attached hydrogens (tertiary/aromatic N) is 1. The van der Waals surface area contributed by atoms with Gasteiger partial charge in [-0.05, 0) is 49.3 Å². The summed E-state index contributed by atoms with van der Waals surface area (Å²) in [5.74, 6) is -0.0260. The number of hydrogen-bond acceptors (Lipinski definition) is 2. The van der Waals surface area contributed by atoms with E-state index >= 15 is 0 Å². The van der Waals surface area contributed by atoms with Gasteiger partial charge in [-0.1, -0.05) is 19.9 Å². The molecule has 0 spiro atoms. The molecule has 0 radical (unpaired) electrons. The fourth-order valence-corrected chi connectivity index (χ4v) is 4.45. The van der Waals surface area contributed by atoms with E-state index in [1.165, 1.54) is 10.4 Å². The van der Waals surface area contributed by atoms with Gasteiger partial charge in [0.2, 0.25) is 10.0 Å². The second-order valence-electron chi connectivity index (χ2n) is 5.93. The molecule has 0 aromatic heterocycles. The quantitative estimate of drug-likeness (QED) is 0.855. The SMILES string of the molecule is Cc1cc(F)c2c(c1)CCCN2S(=O)(=O)CCC(C)C. The van der Waals surface area contributed by atoms with E-state index in [0.29, 0.717) is 18.9 Å². The summed E-state index contributed by atoms with van der Waals surface area (Å²) in [6.45, 7) is 6.19. The highest BCUT2D eigenvalue weighted by Crippen LogP contribution is 2.33. The molecular formula is C15H22FNO2S. The Morgan fingerprint density at radius 1 is 1.35 bits per heavy atom. The first kappa shape index (κ1) is 15.3. The summed E-state index contributed by atoms with van der Waals surface area (Å²) in [6.07, 6.45) is 2.09. The lowest BCUT2D eigenvalue weighted by atomic mass is 10.0. The molecule has 1 heterocycles. The van der Waals surface area contributed by atoms with E-state index in [1.807, 2.05) is 26.8 Å². The van der Waals surface area contributed by atoms with Crippen molar-refractivity contribution in [3.8, 4) is 0 Å². The van der Waals surface area contributed by atoms with Crippen molar-refractivity contribution in [2.75, 3.05) is 16.6 Å². The number of hydrogen-bond donors (Lipinski definition) is 0. The van der Waals surface area contributed by atoms with Crippen LogP contribution in [0.25, 0.3) is 0 Å². The van der Waals surface area contributed by atoms with Crippen LogP contribution in [-0.2, 0) is 16.4 Å². The maximum absolute atomic E-state index is 14.2. The van der Waals surface area contributed by atoms with Gasteiger partial charge in [0.05, 0.1) is 11.4 Å². The molecule has 0 aliphatic carbocycles. The molecule has 1 aliphatic rings. The molecule has 0 amide bonds. The fourth-order valence-electron chi connectivity index (χ4n) is 2.57. The van der Waals surface area contributed by atoms with Crippen LogP contribution in [0.5, 0.6) is 0 Å². The van der Waals surface area contributed by atoms with Crippen LogP contribution < -0.4 is 4.31 Å². The van der Waals surface area contributed by atoms with Crippen LogP contribution in [0, 0.1) is 18.7 Å². The lowest BCUT2D eigenvalue weighted by Gasteiger charge is -2.31. The van der Waals surface area contributed by atoms with E-state index in [2.05, 4.69) is 0 Å². The van der Waals surface area contributed by atoms with E-state index < -0.39 is 15.8 Å². The van der Waals surface area contributed by atoms with E-state index in [1.54, 1.807) is 0 Å². The van der Waals surface area contributed by atoms with E-state index in [9.17, 15) is 12.8 Å². The molecule has 0 fully saturated rings. The molecule has 5 heteroatoms. The molecule has 1 aromatic carbocycles. The van der Waals surface area contributed by atoms with E-state index in [0.717, 1.165) is 24.0 Å². The Morgan fingerprint density at radius 3 is 2.70 bits per heavy atom. The Labute approximate surface area is 120 Å². The molecule has 0 saturated heterocycles. The Bertz CT molecular complexity index is 596. The van der Waals surface area contributed by atoms with Crippen molar-refractivity contribution < 1.29 is 12.8 Å². The molecule has 20 heavy (non-hydrogen) atoms. The van der Waals surface area contributed by atoms with Crippen LogP contribution in [-0.4, -0.2) is 20.7 Å². The molecule has 2 rings (SSSR count). The summed E-state index contributed by atoms with van der Waals surface area (Å²) in [5, 5.41) is 0. The van der Waals surface area contributed by atoms with Crippen LogP contribution in [0.1, 0.15) is 37.8 Å². The van der Waals surface area contributed by atoms with Crippen molar-refractivity contribution in [2.24, 2.45) is 5.92 Å². The monoisotopic (exact) mass is 299 g/mol. The molecule has 1 aromatic rings. The number of rotatable bonds is 4. The number of fused-ring (bicyclic) bond motifs is 1. The molecule has 112 valence electrons. The van der Waals surface area contributed by atoms with Gasteiger partial charge in [-0.25, -0.2) is 12.8 Å². The zero-order valence-corrected chi connectivity index (χ0v) is 13.1. The third-order valence-electron chi connectivity index (χ3n) is 3.63. The number of halogens is 1. The molecule has 3 nitrogen and oxygen atoms in total. The summed E-state index contributed by atoms with van der Waals surface area (Å²) in [6, 6.07) is 3.30. The third kappa shape index (κ3) is 3.14. The number of aryl methyl sites for hydroxylation is 2. The molecule has 0 N–H and O–H groups in total. The largest absolute Gasteiger partial charge is 0.267 e. The van der Waals surface area contributed by atoms with Crippen molar-refractivity contribution in [1.82, 2.24) is 0 Å². The Hall–Kier alpha value is -1.10. The standard InChI is InChI=1S/C15H22FNO2S/c1-11(2)6-8-20(18,19)17-7-4-5-13-9-12(3)10-14(16)15(13)17/h9-11H,4-8H2,1-3H3. The van der Waals surface area contributed by atoms with Crippen LogP contribution in [0.4, 0.5) is 10.1 Å². The molecule has 0 bridgehead atoms. The van der Waals surface area contributed by atoms with Gasteiger partial charge in [0.15, 0.2) is 0 Å². The van der Waals surface area contributed by atoms with Gasteiger partial charge in [0.1, 0.15) is 5.82 Å². The highest BCUT2D eigenvalue weighted by atomic mass is 32.2. The van der Waals surface area contributed by atoms with Gasteiger partial charge < -0.3 is 0 Å². The molecule has 0 saturated carbocycles. The van der Waals surface area contributed by atoms with Crippen molar-refractivity contribution in [3.63, 3.8) is 0 Å². The smallest absolute Gasteiger partial charge is 0.235 e. The highest BCUT2D eigenvalue weighted by molar-refractivity contribution is 7.92. The van der Waals surface area contributed by atoms with E-state index in [4.69, 9.17) is 0 Å². The minimum absolute atomic E-state index is 0.0808. The minimum Gasteiger partial charge on any atom is -0.267 e. The lowest BCUT2D eigenvalue weighted by molar-refractivity contribution is 0.561. The lowest BCUT2D eigenvalue weighted by Crippen LogP contribution is -2.38. The second-order valence-corrected chi connectivity index (χ2v) is 7.94. The topological polar surface area (TPSA) is 37.4 Å². The summed E-state index contributed by atoms with van der Waals surface area (Å²) >= 11 is 0. The number of sulfonamides is 1. The van der Waals surface area contributed by atoms with Gasteiger partial charge in [0.25, 0.3) is 0 Å². The van der Waals surface area contributed by atoms with Crippen molar-refractivity contribution in [2.45, 2.75) is 40.0 Å². The first-order valence-corrected chi connectivity index (χ1v) is 8.71. The van der Waals surface area contributed by atoms with Crippen LogP contribution in [0.2, 0.25) is 0 Å². The van der Waals surface area contributed by atoms with Crippen molar-refractivity contribution in [1.29, 1.82) is 0 Å². The molecule has 0 atom stereocenters. The average molecular weight is 299 g/mol. The van der Waals surface area contributed by atoms with Gasteiger partial charge in [-0.2, -0.15) is 0 Å². The van der Waals surface area contributed by atoms with Crippen LogP contribution in [0.3, 0.4) is 0 Å². The van der Waals surface area contributed by atoms with Gasteiger partial charge in [-0.15, -0.1) is 0 Å². The maximum atomic E-state index is 14.2. The highest BCUT2D eigenvalue weighted by Gasteiger charge is 2.30. The minimum atomic E-state index is -3.43. The summed E-state index contributed by atoms with van der Waals surface area (Å²) in [5.41, 5.74) is 1.91.